The van der Waals surface area contributed by atoms with Crippen LogP contribution in [0.4, 0.5) is 17.6 Å². The molecule has 0 amide bonds. The molecule has 8 heteroatoms. The smallest absolute Gasteiger partial charge is 0.346 e. The van der Waals surface area contributed by atoms with Crippen molar-refractivity contribution in [1.82, 2.24) is 0 Å². The molecule has 0 heterocycles. The number of hydrogen-bond acceptors (Lipinski definition) is 4. The fraction of sp³-hybridized carbons (Fsp3) is 0.527. The van der Waals surface area contributed by atoms with Crippen molar-refractivity contribution in [2.45, 2.75) is 163 Å². The number of carbonyl (C=O) groups excluding carboxylic acids is 2. The third kappa shape index (κ3) is 15.1. The highest BCUT2D eigenvalue weighted by atomic mass is 19.2. The van der Waals surface area contributed by atoms with Gasteiger partial charge in [-0.3, -0.25) is 0 Å². The lowest BCUT2D eigenvalue weighted by Gasteiger charge is -2.28. The summed E-state index contributed by atoms with van der Waals surface area (Å²) in [7, 11) is 0. The Morgan fingerprint density at radius 3 is 1.14 bits per heavy atom. The van der Waals surface area contributed by atoms with Gasteiger partial charge in [-0.25, -0.2) is 27.2 Å². The normalized spacial score (nSPS) is 18.6. The molecule has 0 aliphatic heterocycles. The second-order valence-electron chi connectivity index (χ2n) is 18.1. The Morgan fingerprint density at radius 2 is 0.794 bits per heavy atom. The maximum absolute atomic E-state index is 14.7. The number of carbonyl (C=O) groups is 2. The van der Waals surface area contributed by atoms with Gasteiger partial charge in [0.15, 0.2) is 23.3 Å². The second-order valence-corrected chi connectivity index (χ2v) is 18.1. The molecule has 6 rings (SSSR count). The molecule has 2 aliphatic rings. The van der Waals surface area contributed by atoms with E-state index in [2.05, 4.69) is 13.8 Å². The standard InChI is InChI=1S/C28H36F2O2.C27H34F2O2/c1-3-5-6-7-21-8-10-22(11-9-21)12-15-23-16-19-25(27(30)26(23)29)28(31)32-24-17-13-20(4-2)14-18-24;1-3-5-6-20-7-9-21(10-8-20)11-14-22-15-18-24(26(29)25(22)28)27(30)31-23-16-12-19(4-2)13-17-23/h13-14,16-19,21-22H,3-12,15H2,1-2H3;12-13,15-18,20-21H,3-11,14H2,1-2H3. The first-order valence-corrected chi connectivity index (χ1v) is 24.1. The van der Waals surface area contributed by atoms with E-state index in [9.17, 15) is 27.2 Å². The van der Waals surface area contributed by atoms with Gasteiger partial charge in [0.2, 0.25) is 0 Å². The molecular weight excluding hydrogens is 801 g/mol. The summed E-state index contributed by atoms with van der Waals surface area (Å²) in [6.07, 6.45) is 23.4. The van der Waals surface area contributed by atoms with Gasteiger partial charge in [0.05, 0.1) is 11.1 Å². The highest BCUT2D eigenvalue weighted by molar-refractivity contribution is 5.92. The Labute approximate surface area is 374 Å². The molecule has 342 valence electrons. The van der Waals surface area contributed by atoms with Crippen LogP contribution >= 0.6 is 0 Å². The van der Waals surface area contributed by atoms with Crippen LogP contribution in [0.25, 0.3) is 0 Å². The second kappa shape index (κ2) is 25.7. The first-order valence-electron chi connectivity index (χ1n) is 24.1. The summed E-state index contributed by atoms with van der Waals surface area (Å²) in [6.45, 7) is 8.52. The molecule has 0 unspecified atom stereocenters. The average Bonchev–Trinajstić information content (AvgIpc) is 3.30. The molecule has 4 aromatic rings. The Morgan fingerprint density at radius 1 is 0.444 bits per heavy atom. The number of ether oxygens (including phenoxy) is 2. The van der Waals surface area contributed by atoms with Gasteiger partial charge in [-0.2, -0.15) is 0 Å². The van der Waals surface area contributed by atoms with Crippen LogP contribution < -0.4 is 9.47 Å². The van der Waals surface area contributed by atoms with Crippen LogP contribution in [0.1, 0.15) is 180 Å². The predicted octanol–water partition coefficient (Wildman–Crippen LogP) is 15.7. The lowest BCUT2D eigenvalue weighted by Crippen LogP contribution is -2.16. The molecule has 2 aliphatic carbocycles. The van der Waals surface area contributed by atoms with Gasteiger partial charge < -0.3 is 9.47 Å². The van der Waals surface area contributed by atoms with Crippen molar-refractivity contribution >= 4 is 11.9 Å². The van der Waals surface area contributed by atoms with Crippen LogP contribution in [0.15, 0.2) is 72.8 Å². The van der Waals surface area contributed by atoms with E-state index in [4.69, 9.17) is 9.47 Å². The molecule has 4 nitrogen and oxygen atoms in total. The third-order valence-corrected chi connectivity index (χ3v) is 13.6. The minimum atomic E-state index is -1.11. The zero-order valence-electron chi connectivity index (χ0n) is 38.2. The summed E-state index contributed by atoms with van der Waals surface area (Å²) in [4.78, 5) is 24.7. The number of halogens is 4. The fourth-order valence-corrected chi connectivity index (χ4v) is 9.30. The monoisotopic (exact) mass is 871 g/mol. The zero-order chi connectivity index (χ0) is 45.1. The molecule has 0 N–H and O–H groups in total. The molecule has 4 aromatic carbocycles. The molecule has 0 aromatic heterocycles. The summed E-state index contributed by atoms with van der Waals surface area (Å²) in [5.41, 5.74) is 2.17. The maximum Gasteiger partial charge on any atom is 0.346 e. The van der Waals surface area contributed by atoms with Gasteiger partial charge in [0, 0.05) is 0 Å². The van der Waals surface area contributed by atoms with Crippen LogP contribution in [0.5, 0.6) is 11.5 Å². The van der Waals surface area contributed by atoms with Crippen LogP contribution in [-0.2, 0) is 25.7 Å². The minimum absolute atomic E-state index is 0.320. The number of unbranched alkanes of at least 4 members (excludes halogenated alkanes) is 3. The number of hydrogen-bond donors (Lipinski definition) is 0. The average molecular weight is 871 g/mol. The van der Waals surface area contributed by atoms with E-state index >= 15 is 0 Å². The maximum atomic E-state index is 14.7. The molecule has 63 heavy (non-hydrogen) atoms. The topological polar surface area (TPSA) is 52.6 Å². The molecule has 2 fully saturated rings. The molecule has 0 saturated heterocycles. The SMILES string of the molecule is CCCCC1CCC(CCc2ccc(C(=O)Oc3ccc(CC)cc3)c(F)c2F)CC1.CCCCCC1CCC(CCc2ccc(C(=O)Oc3ccc(CC)cc3)c(F)c2F)CC1. The van der Waals surface area contributed by atoms with Crippen LogP contribution in [-0.4, -0.2) is 11.9 Å². The van der Waals surface area contributed by atoms with Gasteiger partial charge in [-0.1, -0.05) is 160 Å². The largest absolute Gasteiger partial charge is 0.423 e. The summed E-state index contributed by atoms with van der Waals surface area (Å²) in [5, 5.41) is 0. The van der Waals surface area contributed by atoms with Crippen molar-refractivity contribution in [3.05, 3.63) is 129 Å². The van der Waals surface area contributed by atoms with Crippen molar-refractivity contribution in [2.24, 2.45) is 23.7 Å². The first-order chi connectivity index (χ1) is 30.5. The van der Waals surface area contributed by atoms with E-state index in [1.165, 1.54) is 121 Å². The van der Waals surface area contributed by atoms with Gasteiger partial charge in [-0.15, -0.1) is 0 Å². The van der Waals surface area contributed by atoms with Crippen molar-refractivity contribution < 1.29 is 36.6 Å². The summed E-state index contributed by atoms with van der Waals surface area (Å²) >= 11 is 0. The van der Waals surface area contributed by atoms with Crippen molar-refractivity contribution in [3.63, 3.8) is 0 Å². The van der Waals surface area contributed by atoms with Crippen molar-refractivity contribution in [1.29, 1.82) is 0 Å². The van der Waals surface area contributed by atoms with Crippen molar-refractivity contribution in [2.75, 3.05) is 0 Å². The lowest BCUT2D eigenvalue weighted by molar-refractivity contribution is 0.0718. The lowest BCUT2D eigenvalue weighted by atomic mass is 9.77. The van der Waals surface area contributed by atoms with Crippen molar-refractivity contribution in [3.8, 4) is 11.5 Å². The highest BCUT2D eigenvalue weighted by Gasteiger charge is 2.25. The van der Waals surface area contributed by atoms with Gasteiger partial charge in [0.25, 0.3) is 0 Å². The minimum Gasteiger partial charge on any atom is -0.423 e. The van der Waals surface area contributed by atoms with E-state index in [0.717, 1.165) is 48.6 Å². The molecule has 0 radical (unpaired) electrons. The highest BCUT2D eigenvalue weighted by Crippen LogP contribution is 2.36. The van der Waals surface area contributed by atoms with E-state index < -0.39 is 35.2 Å². The van der Waals surface area contributed by atoms with Gasteiger partial charge >= 0.3 is 11.9 Å². The molecule has 0 atom stereocenters. The molecule has 0 spiro atoms. The first kappa shape index (κ1) is 49.6. The van der Waals surface area contributed by atoms with E-state index in [0.29, 0.717) is 47.3 Å². The summed E-state index contributed by atoms with van der Waals surface area (Å²) in [6, 6.07) is 19.8. The van der Waals surface area contributed by atoms with Crippen LogP contribution in [0.2, 0.25) is 0 Å². The fourth-order valence-electron chi connectivity index (χ4n) is 9.30. The van der Waals surface area contributed by atoms with Crippen LogP contribution in [0.3, 0.4) is 0 Å². The molecule has 2 saturated carbocycles. The quantitative estimate of drug-likeness (QED) is 0.0408. The Kier molecular flexibility index (Phi) is 20.2. The number of esters is 2. The van der Waals surface area contributed by atoms with E-state index in [-0.39, 0.29) is 11.1 Å². The zero-order valence-corrected chi connectivity index (χ0v) is 38.2. The summed E-state index contributed by atoms with van der Waals surface area (Å²) in [5.74, 6) is -2.34. The predicted molar refractivity (Wildman–Crippen MR) is 245 cm³/mol. The number of rotatable bonds is 19. The van der Waals surface area contributed by atoms with Gasteiger partial charge in [0.1, 0.15) is 11.5 Å². The number of aryl methyl sites for hydroxylation is 4. The summed E-state index contributed by atoms with van der Waals surface area (Å²) < 4.78 is 69.0. The Balaban J connectivity index is 0.000000238. The Bertz CT molecular complexity index is 2010. The molecule has 0 bridgehead atoms. The Hall–Kier alpha value is -4.46. The third-order valence-electron chi connectivity index (χ3n) is 13.6. The molecular formula is C55H70F4O4. The number of benzene rings is 4. The van der Waals surface area contributed by atoms with E-state index in [1.54, 1.807) is 24.3 Å². The van der Waals surface area contributed by atoms with Crippen LogP contribution in [0, 0.1) is 46.9 Å². The van der Waals surface area contributed by atoms with Gasteiger partial charge in [-0.05, 0) is 121 Å². The van der Waals surface area contributed by atoms with E-state index in [1.807, 2.05) is 38.1 Å².